The summed E-state index contributed by atoms with van der Waals surface area (Å²) in [5.74, 6) is -0.131. The first-order valence-electron chi connectivity index (χ1n) is 8.22. The molecule has 0 aliphatic carbocycles. The molecule has 3 aromatic rings. The van der Waals surface area contributed by atoms with Gasteiger partial charge in [-0.15, -0.1) is 0 Å². The quantitative estimate of drug-likeness (QED) is 0.797. The van der Waals surface area contributed by atoms with Gasteiger partial charge >= 0.3 is 0 Å². The summed E-state index contributed by atoms with van der Waals surface area (Å²) in [5.41, 5.74) is 3.77. The molecule has 0 fully saturated rings. The number of para-hydroxylation sites is 1. The lowest BCUT2D eigenvalue weighted by molar-refractivity contribution is 0.0956. The summed E-state index contributed by atoms with van der Waals surface area (Å²) in [6.07, 6.45) is 7.30. The Kier molecular flexibility index (Phi) is 3.86. The average Bonchev–Trinajstić information content (AvgIpc) is 3.06. The number of carbonyl (C=O) groups excluding carboxylic acids is 1. The molecule has 0 unspecified atom stereocenters. The van der Waals surface area contributed by atoms with Crippen molar-refractivity contribution in [1.82, 2.24) is 19.9 Å². The number of nitrogens with one attached hydrogen (secondary N) is 1. The van der Waals surface area contributed by atoms with E-state index in [9.17, 15) is 4.79 Å². The first kappa shape index (κ1) is 14.7. The predicted molar refractivity (Wildman–Crippen MR) is 92.3 cm³/mol. The molecule has 0 saturated heterocycles. The first-order chi connectivity index (χ1) is 11.8. The first-order valence-corrected chi connectivity index (χ1v) is 8.22. The second kappa shape index (κ2) is 6.31. The highest BCUT2D eigenvalue weighted by atomic mass is 16.1. The van der Waals surface area contributed by atoms with E-state index < -0.39 is 0 Å². The van der Waals surface area contributed by atoms with Gasteiger partial charge in [0.15, 0.2) is 5.65 Å². The Hall–Kier alpha value is -2.89. The van der Waals surface area contributed by atoms with Gasteiger partial charge in [-0.1, -0.05) is 18.2 Å². The summed E-state index contributed by atoms with van der Waals surface area (Å²) >= 11 is 0. The van der Waals surface area contributed by atoms with Crippen molar-refractivity contribution >= 4 is 17.2 Å². The number of benzene rings is 1. The number of nitrogens with zero attached hydrogens (tertiary/aromatic N) is 4. The van der Waals surface area contributed by atoms with E-state index in [-0.39, 0.29) is 5.91 Å². The number of rotatable bonds is 4. The van der Waals surface area contributed by atoms with Crippen LogP contribution in [0.2, 0.25) is 0 Å². The number of amides is 1. The standard InChI is InChI=1S/C18H19N5O/c24-18(15-13-21-23-11-4-8-19-17(15)23)20-9-12-22-10-3-6-14-5-1-2-7-16(14)22/h1-2,4-5,7-8,11,13H,3,6,9-10,12H2,(H,20,24). The Bertz CT molecular complexity index is 872. The van der Waals surface area contributed by atoms with Crippen molar-refractivity contribution in [2.24, 2.45) is 0 Å². The van der Waals surface area contributed by atoms with Crippen molar-refractivity contribution in [3.8, 4) is 0 Å². The maximum atomic E-state index is 12.4. The number of anilines is 1. The van der Waals surface area contributed by atoms with Crippen LogP contribution in [-0.2, 0) is 6.42 Å². The van der Waals surface area contributed by atoms with Crippen LogP contribution in [0.1, 0.15) is 22.3 Å². The monoisotopic (exact) mass is 321 g/mol. The molecule has 24 heavy (non-hydrogen) atoms. The summed E-state index contributed by atoms with van der Waals surface area (Å²) in [4.78, 5) is 18.9. The molecule has 6 heteroatoms. The zero-order chi connectivity index (χ0) is 16.4. The molecule has 0 spiro atoms. The molecule has 1 amide bonds. The normalized spacial score (nSPS) is 13.8. The highest BCUT2D eigenvalue weighted by Crippen LogP contribution is 2.25. The van der Waals surface area contributed by atoms with Gasteiger partial charge in [0.25, 0.3) is 5.91 Å². The Morgan fingerprint density at radius 1 is 1.25 bits per heavy atom. The lowest BCUT2D eigenvalue weighted by Gasteiger charge is -2.31. The number of fused-ring (bicyclic) bond motifs is 2. The molecule has 122 valence electrons. The zero-order valence-corrected chi connectivity index (χ0v) is 13.4. The Morgan fingerprint density at radius 2 is 2.17 bits per heavy atom. The molecule has 4 rings (SSSR count). The Morgan fingerprint density at radius 3 is 3.12 bits per heavy atom. The van der Waals surface area contributed by atoms with Crippen LogP contribution in [0.25, 0.3) is 5.65 Å². The van der Waals surface area contributed by atoms with Crippen molar-refractivity contribution in [2.45, 2.75) is 12.8 Å². The van der Waals surface area contributed by atoms with Crippen molar-refractivity contribution in [1.29, 1.82) is 0 Å². The predicted octanol–water partition coefficient (Wildman–Crippen LogP) is 1.91. The third-order valence-corrected chi connectivity index (χ3v) is 4.40. The molecule has 0 radical (unpaired) electrons. The van der Waals surface area contributed by atoms with E-state index in [4.69, 9.17) is 0 Å². The van der Waals surface area contributed by atoms with Crippen LogP contribution in [0, 0.1) is 0 Å². The summed E-state index contributed by atoms with van der Waals surface area (Å²) in [7, 11) is 0. The maximum Gasteiger partial charge on any atom is 0.256 e. The fourth-order valence-electron chi connectivity index (χ4n) is 3.23. The van der Waals surface area contributed by atoms with Crippen LogP contribution in [0.5, 0.6) is 0 Å². The second-order valence-electron chi connectivity index (χ2n) is 5.92. The van der Waals surface area contributed by atoms with Gasteiger partial charge in [0.2, 0.25) is 0 Å². The minimum Gasteiger partial charge on any atom is -0.370 e. The minimum atomic E-state index is -0.131. The largest absolute Gasteiger partial charge is 0.370 e. The molecule has 1 aromatic carbocycles. The number of hydrogen-bond donors (Lipinski definition) is 1. The topological polar surface area (TPSA) is 62.5 Å². The van der Waals surface area contributed by atoms with Crippen LogP contribution in [0.15, 0.2) is 48.9 Å². The second-order valence-corrected chi connectivity index (χ2v) is 5.92. The van der Waals surface area contributed by atoms with E-state index in [1.165, 1.54) is 11.3 Å². The molecule has 3 heterocycles. The Balaban J connectivity index is 1.40. The number of aromatic nitrogens is 3. The number of carbonyl (C=O) groups is 1. The molecule has 1 aliphatic rings. The van der Waals surface area contributed by atoms with Crippen molar-refractivity contribution in [3.05, 3.63) is 60.0 Å². The molecular weight excluding hydrogens is 302 g/mol. The zero-order valence-electron chi connectivity index (χ0n) is 13.4. The smallest absolute Gasteiger partial charge is 0.256 e. The minimum absolute atomic E-state index is 0.131. The van der Waals surface area contributed by atoms with Gasteiger partial charge in [0, 0.05) is 37.7 Å². The van der Waals surface area contributed by atoms with Crippen LogP contribution in [0.4, 0.5) is 5.69 Å². The molecule has 1 aliphatic heterocycles. The molecule has 0 saturated carbocycles. The van der Waals surface area contributed by atoms with Crippen molar-refractivity contribution in [3.63, 3.8) is 0 Å². The van der Waals surface area contributed by atoms with Gasteiger partial charge in [-0.25, -0.2) is 9.50 Å². The van der Waals surface area contributed by atoms with Gasteiger partial charge in [-0.3, -0.25) is 4.79 Å². The molecule has 0 atom stereocenters. The highest BCUT2D eigenvalue weighted by molar-refractivity contribution is 5.99. The van der Waals surface area contributed by atoms with Gasteiger partial charge in [0.1, 0.15) is 5.56 Å². The summed E-state index contributed by atoms with van der Waals surface area (Å²) in [6.45, 7) is 2.43. The van der Waals surface area contributed by atoms with E-state index in [1.54, 1.807) is 29.2 Å². The lowest BCUT2D eigenvalue weighted by atomic mass is 10.0. The van der Waals surface area contributed by atoms with Crippen LogP contribution < -0.4 is 10.2 Å². The van der Waals surface area contributed by atoms with E-state index in [1.807, 2.05) is 0 Å². The van der Waals surface area contributed by atoms with E-state index in [2.05, 4.69) is 44.6 Å². The van der Waals surface area contributed by atoms with Gasteiger partial charge in [0.05, 0.1) is 6.20 Å². The van der Waals surface area contributed by atoms with E-state index in [0.717, 1.165) is 25.9 Å². The molecule has 0 bridgehead atoms. The average molecular weight is 321 g/mol. The highest BCUT2D eigenvalue weighted by Gasteiger charge is 2.17. The summed E-state index contributed by atoms with van der Waals surface area (Å²) in [6, 6.07) is 10.3. The SMILES string of the molecule is O=C(NCCN1CCCc2ccccc21)c1cnn2cccnc12. The summed E-state index contributed by atoms with van der Waals surface area (Å²) < 4.78 is 1.61. The fourth-order valence-corrected chi connectivity index (χ4v) is 3.23. The van der Waals surface area contributed by atoms with Crippen LogP contribution in [0.3, 0.4) is 0 Å². The number of aryl methyl sites for hydroxylation is 1. The van der Waals surface area contributed by atoms with E-state index >= 15 is 0 Å². The Labute approximate surface area is 140 Å². The van der Waals surface area contributed by atoms with Crippen LogP contribution in [-0.4, -0.2) is 40.1 Å². The third-order valence-electron chi connectivity index (χ3n) is 4.40. The van der Waals surface area contributed by atoms with Crippen molar-refractivity contribution in [2.75, 3.05) is 24.5 Å². The third kappa shape index (κ3) is 2.71. The molecule has 6 nitrogen and oxygen atoms in total. The number of hydrogen-bond acceptors (Lipinski definition) is 4. The van der Waals surface area contributed by atoms with Crippen LogP contribution >= 0.6 is 0 Å². The van der Waals surface area contributed by atoms with Gasteiger partial charge in [-0.05, 0) is 30.5 Å². The van der Waals surface area contributed by atoms with Gasteiger partial charge in [-0.2, -0.15) is 5.10 Å². The maximum absolute atomic E-state index is 12.4. The molecule has 2 aromatic heterocycles. The molecular formula is C18H19N5O. The molecule has 1 N–H and O–H groups in total. The lowest BCUT2D eigenvalue weighted by Crippen LogP contribution is -2.37. The fraction of sp³-hybridized carbons (Fsp3) is 0.278. The summed E-state index contributed by atoms with van der Waals surface area (Å²) in [5, 5.41) is 7.13. The van der Waals surface area contributed by atoms with Gasteiger partial charge < -0.3 is 10.2 Å². The van der Waals surface area contributed by atoms with E-state index in [0.29, 0.717) is 17.8 Å². The van der Waals surface area contributed by atoms with Crippen molar-refractivity contribution < 1.29 is 4.79 Å².